The predicted molar refractivity (Wildman–Crippen MR) is 89.6 cm³/mol. The van der Waals surface area contributed by atoms with Crippen LogP contribution in [0.3, 0.4) is 0 Å². The van der Waals surface area contributed by atoms with E-state index < -0.39 is 6.10 Å². The van der Waals surface area contributed by atoms with Crippen molar-refractivity contribution in [3.8, 4) is 5.75 Å². The van der Waals surface area contributed by atoms with Gasteiger partial charge in [-0.1, -0.05) is 35.3 Å². The van der Waals surface area contributed by atoms with E-state index >= 15 is 0 Å². The molecule has 2 rings (SSSR count). The number of amides is 1. The van der Waals surface area contributed by atoms with E-state index in [0.717, 1.165) is 11.1 Å². The Kier molecular flexibility index (Phi) is 5.69. The van der Waals surface area contributed by atoms with Gasteiger partial charge in [0.05, 0.1) is 0 Å². The van der Waals surface area contributed by atoms with Crippen molar-refractivity contribution in [1.82, 2.24) is 5.32 Å². The van der Waals surface area contributed by atoms with E-state index in [2.05, 4.69) is 5.32 Å². The molecule has 0 radical (unpaired) electrons. The van der Waals surface area contributed by atoms with Gasteiger partial charge in [-0.25, -0.2) is 0 Å². The van der Waals surface area contributed by atoms with Crippen LogP contribution in [0.25, 0.3) is 0 Å². The minimum Gasteiger partial charge on any atom is -0.481 e. The van der Waals surface area contributed by atoms with Crippen LogP contribution >= 0.6 is 23.2 Å². The van der Waals surface area contributed by atoms with E-state index in [1.54, 1.807) is 31.2 Å². The third-order valence-corrected chi connectivity index (χ3v) is 3.87. The smallest absolute Gasteiger partial charge is 0.261 e. The maximum atomic E-state index is 12.1. The molecule has 0 saturated heterocycles. The first-order valence-corrected chi connectivity index (χ1v) is 7.66. The third kappa shape index (κ3) is 4.65. The highest BCUT2D eigenvalue weighted by molar-refractivity contribution is 6.31. The van der Waals surface area contributed by atoms with Gasteiger partial charge in [-0.05, 0) is 55.3 Å². The normalized spacial score (nSPS) is 11.8. The maximum Gasteiger partial charge on any atom is 0.261 e. The molecular weight excluding hydrogens is 321 g/mol. The number of hydrogen-bond acceptors (Lipinski definition) is 2. The number of benzene rings is 2. The molecule has 0 unspecified atom stereocenters. The van der Waals surface area contributed by atoms with Crippen LogP contribution in [0.1, 0.15) is 18.1 Å². The molecule has 116 valence electrons. The highest BCUT2D eigenvalue weighted by atomic mass is 35.5. The molecule has 3 nitrogen and oxygen atoms in total. The molecule has 0 spiro atoms. The standard InChI is InChI=1S/C17H17Cl2NO2/c1-11-9-15(7-8-16(11)19)22-12(2)17(21)20-10-13-3-5-14(18)6-4-13/h3-9,12H,10H2,1-2H3,(H,20,21)/t12-/m0/s1. The quantitative estimate of drug-likeness (QED) is 0.878. The van der Waals surface area contributed by atoms with Crippen LogP contribution in [-0.2, 0) is 11.3 Å². The minimum absolute atomic E-state index is 0.178. The summed E-state index contributed by atoms with van der Waals surface area (Å²) in [5.41, 5.74) is 1.89. The number of carbonyl (C=O) groups is 1. The highest BCUT2D eigenvalue weighted by Gasteiger charge is 2.14. The van der Waals surface area contributed by atoms with Crippen LogP contribution in [0.15, 0.2) is 42.5 Å². The summed E-state index contributed by atoms with van der Waals surface area (Å²) in [6.45, 7) is 4.03. The lowest BCUT2D eigenvalue weighted by atomic mass is 10.2. The second kappa shape index (κ2) is 7.52. The van der Waals surface area contributed by atoms with Crippen LogP contribution in [0, 0.1) is 6.92 Å². The number of ether oxygens (including phenoxy) is 1. The van der Waals surface area contributed by atoms with Gasteiger partial charge in [-0.3, -0.25) is 4.79 Å². The number of halogens is 2. The molecule has 0 bridgehead atoms. The van der Waals surface area contributed by atoms with Gasteiger partial charge in [0.25, 0.3) is 5.91 Å². The molecule has 22 heavy (non-hydrogen) atoms. The minimum atomic E-state index is -0.590. The Morgan fingerprint density at radius 1 is 1.18 bits per heavy atom. The zero-order chi connectivity index (χ0) is 16.1. The summed E-state index contributed by atoms with van der Waals surface area (Å²) in [6.07, 6.45) is -0.590. The summed E-state index contributed by atoms with van der Waals surface area (Å²) in [4.78, 5) is 12.1. The molecule has 5 heteroatoms. The summed E-state index contributed by atoms with van der Waals surface area (Å²) in [6, 6.07) is 12.6. The van der Waals surface area contributed by atoms with Crippen molar-refractivity contribution in [2.45, 2.75) is 26.5 Å². The molecule has 1 N–H and O–H groups in total. The summed E-state index contributed by atoms with van der Waals surface area (Å²) in [5, 5.41) is 4.18. The zero-order valence-electron chi connectivity index (χ0n) is 12.4. The summed E-state index contributed by atoms with van der Waals surface area (Å²) in [5.74, 6) is 0.443. The van der Waals surface area contributed by atoms with Crippen molar-refractivity contribution in [2.75, 3.05) is 0 Å². The fraction of sp³-hybridized carbons (Fsp3) is 0.235. The maximum absolute atomic E-state index is 12.1. The van der Waals surface area contributed by atoms with Gasteiger partial charge in [0.2, 0.25) is 0 Å². The lowest BCUT2D eigenvalue weighted by molar-refractivity contribution is -0.127. The number of nitrogens with one attached hydrogen (secondary N) is 1. The monoisotopic (exact) mass is 337 g/mol. The molecule has 0 aromatic heterocycles. The summed E-state index contributed by atoms with van der Waals surface area (Å²) in [7, 11) is 0. The number of hydrogen-bond donors (Lipinski definition) is 1. The average molecular weight is 338 g/mol. The lowest BCUT2D eigenvalue weighted by Crippen LogP contribution is -2.35. The van der Waals surface area contributed by atoms with Crippen molar-refractivity contribution in [1.29, 1.82) is 0 Å². The molecule has 1 atom stereocenters. The van der Waals surface area contributed by atoms with E-state index in [4.69, 9.17) is 27.9 Å². The van der Waals surface area contributed by atoms with Gasteiger partial charge in [0.1, 0.15) is 5.75 Å². The van der Waals surface area contributed by atoms with Gasteiger partial charge >= 0.3 is 0 Å². The Bertz CT molecular complexity index is 656. The topological polar surface area (TPSA) is 38.3 Å². The molecule has 0 saturated carbocycles. The molecular formula is C17H17Cl2NO2. The van der Waals surface area contributed by atoms with Crippen molar-refractivity contribution >= 4 is 29.1 Å². The second-order valence-corrected chi connectivity index (χ2v) is 5.86. The predicted octanol–water partition coefficient (Wildman–Crippen LogP) is 4.39. The Hall–Kier alpha value is -1.71. The number of carbonyl (C=O) groups excluding carboxylic acids is 1. The Balaban J connectivity index is 1.88. The van der Waals surface area contributed by atoms with Gasteiger partial charge in [0.15, 0.2) is 6.10 Å². The fourth-order valence-electron chi connectivity index (χ4n) is 1.88. The van der Waals surface area contributed by atoms with E-state index in [0.29, 0.717) is 22.3 Å². The molecule has 2 aromatic carbocycles. The van der Waals surface area contributed by atoms with Crippen LogP contribution in [-0.4, -0.2) is 12.0 Å². The van der Waals surface area contributed by atoms with Crippen LogP contribution in [0.2, 0.25) is 10.0 Å². The van der Waals surface area contributed by atoms with Crippen molar-refractivity contribution in [2.24, 2.45) is 0 Å². The van der Waals surface area contributed by atoms with Crippen LogP contribution < -0.4 is 10.1 Å². The van der Waals surface area contributed by atoms with E-state index in [-0.39, 0.29) is 5.91 Å². The SMILES string of the molecule is Cc1cc(O[C@@H](C)C(=O)NCc2ccc(Cl)cc2)ccc1Cl. The first kappa shape index (κ1) is 16.7. The second-order valence-electron chi connectivity index (χ2n) is 5.02. The zero-order valence-corrected chi connectivity index (χ0v) is 13.9. The molecule has 2 aromatic rings. The molecule has 1 amide bonds. The fourth-order valence-corrected chi connectivity index (χ4v) is 2.13. The van der Waals surface area contributed by atoms with E-state index in [9.17, 15) is 4.79 Å². The molecule has 0 aliphatic carbocycles. The van der Waals surface area contributed by atoms with Gasteiger partial charge in [0, 0.05) is 16.6 Å². The highest BCUT2D eigenvalue weighted by Crippen LogP contribution is 2.21. The Labute approximate surface area is 140 Å². The van der Waals surface area contributed by atoms with Crippen molar-refractivity contribution in [3.63, 3.8) is 0 Å². The third-order valence-electron chi connectivity index (χ3n) is 3.19. The lowest BCUT2D eigenvalue weighted by Gasteiger charge is -2.15. The Morgan fingerprint density at radius 3 is 2.50 bits per heavy atom. The van der Waals surface area contributed by atoms with Crippen LogP contribution in [0.4, 0.5) is 0 Å². The largest absolute Gasteiger partial charge is 0.481 e. The van der Waals surface area contributed by atoms with Gasteiger partial charge < -0.3 is 10.1 Å². The van der Waals surface area contributed by atoms with E-state index in [1.165, 1.54) is 0 Å². The van der Waals surface area contributed by atoms with Gasteiger partial charge in [-0.2, -0.15) is 0 Å². The summed E-state index contributed by atoms with van der Waals surface area (Å²) >= 11 is 11.8. The van der Waals surface area contributed by atoms with Crippen molar-refractivity contribution < 1.29 is 9.53 Å². The first-order chi connectivity index (χ1) is 10.5. The first-order valence-electron chi connectivity index (χ1n) is 6.90. The number of rotatable bonds is 5. The average Bonchev–Trinajstić information content (AvgIpc) is 2.50. The van der Waals surface area contributed by atoms with Crippen LogP contribution in [0.5, 0.6) is 5.75 Å². The molecule has 0 fully saturated rings. The van der Waals surface area contributed by atoms with Crippen molar-refractivity contribution in [3.05, 3.63) is 63.6 Å². The molecule has 0 aliphatic heterocycles. The summed E-state index contributed by atoms with van der Waals surface area (Å²) < 4.78 is 5.63. The Morgan fingerprint density at radius 2 is 1.86 bits per heavy atom. The van der Waals surface area contributed by atoms with E-state index in [1.807, 2.05) is 25.1 Å². The molecule has 0 heterocycles. The molecule has 0 aliphatic rings. The number of aryl methyl sites for hydroxylation is 1. The van der Waals surface area contributed by atoms with Gasteiger partial charge in [-0.15, -0.1) is 0 Å².